The van der Waals surface area contributed by atoms with Crippen LogP contribution in [-0.2, 0) is 6.42 Å². The fraction of sp³-hybridized carbons (Fsp3) is 0.600. The molecule has 3 nitrogen and oxygen atoms in total. The third-order valence-electron chi connectivity index (χ3n) is 3.38. The largest absolute Gasteiger partial charge is 0.493 e. The van der Waals surface area contributed by atoms with Crippen molar-refractivity contribution in [3.8, 4) is 11.5 Å². The summed E-state index contributed by atoms with van der Waals surface area (Å²) in [7, 11) is 1.71. The van der Waals surface area contributed by atoms with E-state index in [2.05, 4.69) is 6.07 Å². The first-order chi connectivity index (χ1) is 9.35. The minimum Gasteiger partial charge on any atom is -0.493 e. The summed E-state index contributed by atoms with van der Waals surface area (Å²) in [4.78, 5) is 0. The second-order valence-corrected chi connectivity index (χ2v) is 6.00. The lowest BCUT2D eigenvalue weighted by molar-refractivity contribution is 0.184. The number of nitrogens with two attached hydrogens (primary N) is 1. The Bertz CT molecular complexity index is 392. The van der Waals surface area contributed by atoms with Crippen LogP contribution in [0.15, 0.2) is 18.2 Å². The van der Waals surface area contributed by atoms with Crippen molar-refractivity contribution < 1.29 is 9.47 Å². The number of rotatable bonds is 6. The first-order valence-corrected chi connectivity index (χ1v) is 8.11. The summed E-state index contributed by atoms with van der Waals surface area (Å²) >= 11 is 2.01. The molecule has 0 aliphatic carbocycles. The van der Waals surface area contributed by atoms with Gasteiger partial charge in [0.25, 0.3) is 0 Å². The van der Waals surface area contributed by atoms with Crippen LogP contribution in [0.2, 0.25) is 0 Å². The van der Waals surface area contributed by atoms with Crippen LogP contribution in [-0.4, -0.2) is 31.3 Å². The van der Waals surface area contributed by atoms with Crippen LogP contribution in [0.1, 0.15) is 24.8 Å². The third-order valence-corrected chi connectivity index (χ3v) is 4.43. The van der Waals surface area contributed by atoms with Crippen molar-refractivity contribution in [3.05, 3.63) is 23.8 Å². The molecular formula is C15H23NO2S. The normalized spacial score (nSPS) is 16.3. The van der Waals surface area contributed by atoms with Gasteiger partial charge in [0.2, 0.25) is 0 Å². The van der Waals surface area contributed by atoms with Crippen molar-refractivity contribution >= 4 is 11.8 Å². The lowest BCUT2D eigenvalue weighted by Gasteiger charge is -2.24. The van der Waals surface area contributed by atoms with Gasteiger partial charge in [-0.1, -0.05) is 12.1 Å². The molecule has 1 aromatic carbocycles. The molecule has 1 saturated heterocycles. The average molecular weight is 281 g/mol. The van der Waals surface area contributed by atoms with Gasteiger partial charge in [-0.2, -0.15) is 11.8 Å². The monoisotopic (exact) mass is 281 g/mol. The highest BCUT2D eigenvalue weighted by atomic mass is 32.2. The van der Waals surface area contributed by atoms with Gasteiger partial charge in [0.05, 0.1) is 7.11 Å². The van der Waals surface area contributed by atoms with Crippen molar-refractivity contribution in [2.45, 2.75) is 31.8 Å². The molecule has 0 unspecified atom stereocenters. The Morgan fingerprint density at radius 2 is 2.11 bits per heavy atom. The maximum atomic E-state index is 6.13. The second-order valence-electron chi connectivity index (χ2n) is 4.77. The topological polar surface area (TPSA) is 44.5 Å². The van der Waals surface area contributed by atoms with Crippen LogP contribution in [0, 0.1) is 0 Å². The molecule has 0 atom stereocenters. The summed E-state index contributed by atoms with van der Waals surface area (Å²) < 4.78 is 11.7. The molecular weight excluding hydrogens is 258 g/mol. The van der Waals surface area contributed by atoms with Gasteiger partial charge in [-0.05, 0) is 55.4 Å². The zero-order valence-corrected chi connectivity index (χ0v) is 12.4. The maximum Gasteiger partial charge on any atom is 0.163 e. The Labute approximate surface area is 119 Å². The SMILES string of the molecule is COc1c(CCCN)cccc1OC1CCSCC1. The van der Waals surface area contributed by atoms with Gasteiger partial charge in [0, 0.05) is 0 Å². The van der Waals surface area contributed by atoms with Gasteiger partial charge in [0.1, 0.15) is 6.10 Å². The quantitative estimate of drug-likeness (QED) is 0.871. The average Bonchev–Trinajstić information content (AvgIpc) is 2.46. The van der Waals surface area contributed by atoms with E-state index in [-0.39, 0.29) is 0 Å². The lowest BCUT2D eigenvalue weighted by Crippen LogP contribution is -2.22. The van der Waals surface area contributed by atoms with Crippen molar-refractivity contribution in [1.82, 2.24) is 0 Å². The zero-order chi connectivity index (χ0) is 13.5. The van der Waals surface area contributed by atoms with E-state index in [4.69, 9.17) is 15.2 Å². The molecule has 106 valence electrons. The summed E-state index contributed by atoms with van der Waals surface area (Å²) in [6.45, 7) is 0.702. The number of thioether (sulfide) groups is 1. The third kappa shape index (κ3) is 4.05. The highest BCUT2D eigenvalue weighted by molar-refractivity contribution is 7.99. The predicted molar refractivity (Wildman–Crippen MR) is 81.3 cm³/mol. The summed E-state index contributed by atoms with van der Waals surface area (Å²) in [6, 6.07) is 6.14. The molecule has 0 bridgehead atoms. The van der Waals surface area contributed by atoms with Crippen LogP contribution < -0.4 is 15.2 Å². The van der Waals surface area contributed by atoms with E-state index in [1.165, 1.54) is 17.1 Å². The van der Waals surface area contributed by atoms with E-state index in [1.807, 2.05) is 23.9 Å². The maximum absolute atomic E-state index is 6.13. The summed E-state index contributed by atoms with van der Waals surface area (Å²) in [6.07, 6.45) is 4.50. The first-order valence-electron chi connectivity index (χ1n) is 6.95. The van der Waals surface area contributed by atoms with E-state index >= 15 is 0 Å². The van der Waals surface area contributed by atoms with Crippen molar-refractivity contribution in [2.75, 3.05) is 25.2 Å². The zero-order valence-electron chi connectivity index (χ0n) is 11.6. The van der Waals surface area contributed by atoms with Crippen LogP contribution in [0.4, 0.5) is 0 Å². The predicted octanol–water partition coefficient (Wildman–Crippen LogP) is 2.86. The highest BCUT2D eigenvalue weighted by Gasteiger charge is 2.18. The summed E-state index contributed by atoms with van der Waals surface area (Å²) in [5, 5.41) is 0. The Morgan fingerprint density at radius 3 is 2.79 bits per heavy atom. The molecule has 19 heavy (non-hydrogen) atoms. The smallest absolute Gasteiger partial charge is 0.163 e. The van der Waals surface area contributed by atoms with Gasteiger partial charge in [-0.15, -0.1) is 0 Å². The molecule has 0 aromatic heterocycles. The molecule has 2 N–H and O–H groups in total. The number of benzene rings is 1. The number of para-hydroxylation sites is 1. The number of hydrogen-bond acceptors (Lipinski definition) is 4. The second kappa shape index (κ2) is 7.65. The highest BCUT2D eigenvalue weighted by Crippen LogP contribution is 2.34. The van der Waals surface area contributed by atoms with Crippen molar-refractivity contribution in [3.63, 3.8) is 0 Å². The number of ether oxygens (including phenoxy) is 2. The van der Waals surface area contributed by atoms with Gasteiger partial charge >= 0.3 is 0 Å². The number of methoxy groups -OCH3 is 1. The summed E-state index contributed by atoms with van der Waals surface area (Å²) in [5.74, 6) is 4.16. The fourth-order valence-corrected chi connectivity index (χ4v) is 3.41. The Balaban J connectivity index is 2.09. The van der Waals surface area contributed by atoms with Gasteiger partial charge in [0.15, 0.2) is 11.5 Å². The van der Waals surface area contributed by atoms with E-state index in [0.29, 0.717) is 12.6 Å². The molecule has 1 aliphatic rings. The standard InChI is InChI=1S/C15H23NO2S/c1-17-15-12(5-3-9-16)4-2-6-14(15)18-13-7-10-19-11-8-13/h2,4,6,13H,3,5,7-11,16H2,1H3. The van der Waals surface area contributed by atoms with Crippen LogP contribution in [0.25, 0.3) is 0 Å². The van der Waals surface area contributed by atoms with Crippen molar-refractivity contribution in [2.24, 2.45) is 5.73 Å². The van der Waals surface area contributed by atoms with Crippen molar-refractivity contribution in [1.29, 1.82) is 0 Å². The van der Waals surface area contributed by atoms with Crippen LogP contribution in [0.3, 0.4) is 0 Å². The molecule has 0 radical (unpaired) electrons. The first kappa shape index (κ1) is 14.5. The molecule has 1 aliphatic heterocycles. The molecule has 1 fully saturated rings. The number of aryl methyl sites for hydroxylation is 1. The number of hydrogen-bond donors (Lipinski definition) is 1. The molecule has 1 aromatic rings. The minimum absolute atomic E-state index is 0.333. The Hall–Kier alpha value is -0.870. The fourth-order valence-electron chi connectivity index (χ4n) is 2.35. The lowest BCUT2D eigenvalue weighted by atomic mass is 10.1. The molecule has 0 spiro atoms. The Morgan fingerprint density at radius 1 is 1.32 bits per heavy atom. The summed E-state index contributed by atoms with van der Waals surface area (Å²) in [5.41, 5.74) is 6.77. The van der Waals surface area contributed by atoms with Gasteiger partial charge in [-0.25, -0.2) is 0 Å². The van der Waals surface area contributed by atoms with Crippen LogP contribution in [0.5, 0.6) is 11.5 Å². The molecule has 0 saturated carbocycles. The van der Waals surface area contributed by atoms with E-state index in [9.17, 15) is 0 Å². The van der Waals surface area contributed by atoms with E-state index in [0.717, 1.165) is 37.2 Å². The molecule has 0 amide bonds. The molecule has 1 heterocycles. The van der Waals surface area contributed by atoms with E-state index < -0.39 is 0 Å². The molecule has 4 heteroatoms. The Kier molecular flexibility index (Phi) is 5.86. The molecule has 2 rings (SSSR count). The van der Waals surface area contributed by atoms with Gasteiger partial charge < -0.3 is 15.2 Å². The van der Waals surface area contributed by atoms with Gasteiger partial charge in [-0.3, -0.25) is 0 Å². The van der Waals surface area contributed by atoms with E-state index in [1.54, 1.807) is 7.11 Å². The van der Waals surface area contributed by atoms with Crippen LogP contribution >= 0.6 is 11.8 Å². The minimum atomic E-state index is 0.333.